The van der Waals surface area contributed by atoms with Crippen molar-refractivity contribution in [3.05, 3.63) is 0 Å². The second-order valence-corrected chi connectivity index (χ2v) is 3.67. The van der Waals surface area contributed by atoms with Gasteiger partial charge in [0, 0.05) is 19.6 Å². The zero-order valence-electron chi connectivity index (χ0n) is 6.45. The Balaban J connectivity index is 1.79. The topological polar surface area (TPSA) is 23.5 Å². The van der Waals surface area contributed by atoms with Crippen molar-refractivity contribution in [3.8, 4) is 0 Å². The Hall–Kier alpha value is -0.0800. The zero-order valence-corrected chi connectivity index (χ0v) is 6.45. The molecule has 2 fully saturated rings. The minimum absolute atomic E-state index is 0.327. The molecule has 0 aromatic rings. The highest BCUT2D eigenvalue weighted by atomic mass is 16.3. The summed E-state index contributed by atoms with van der Waals surface area (Å²) in [4.78, 5) is 2.37. The third kappa shape index (κ3) is 0.867. The summed E-state index contributed by atoms with van der Waals surface area (Å²) in [6.45, 7) is 6.04. The van der Waals surface area contributed by atoms with Crippen molar-refractivity contribution in [2.75, 3.05) is 26.2 Å². The van der Waals surface area contributed by atoms with E-state index in [1.54, 1.807) is 0 Å². The van der Waals surface area contributed by atoms with E-state index in [4.69, 9.17) is 5.11 Å². The van der Waals surface area contributed by atoms with E-state index in [9.17, 15) is 0 Å². The summed E-state index contributed by atoms with van der Waals surface area (Å²) in [6, 6.07) is 0. The molecule has 2 nitrogen and oxygen atoms in total. The summed E-state index contributed by atoms with van der Waals surface area (Å²) in [5, 5.41) is 8.65. The first-order chi connectivity index (χ1) is 4.83. The van der Waals surface area contributed by atoms with Crippen LogP contribution in [0.5, 0.6) is 0 Å². The maximum absolute atomic E-state index is 8.65. The molecule has 1 aliphatic heterocycles. The summed E-state index contributed by atoms with van der Waals surface area (Å²) < 4.78 is 0. The first-order valence-corrected chi connectivity index (χ1v) is 4.16. The maximum Gasteiger partial charge on any atom is 0.0558 e. The maximum atomic E-state index is 8.65. The van der Waals surface area contributed by atoms with E-state index in [0.29, 0.717) is 6.61 Å². The van der Waals surface area contributed by atoms with Gasteiger partial charge in [-0.05, 0) is 17.8 Å². The number of hydrogen-bond donors (Lipinski definition) is 1. The molecule has 0 amide bonds. The molecule has 58 valence electrons. The predicted molar refractivity (Wildman–Crippen MR) is 39.7 cm³/mol. The van der Waals surface area contributed by atoms with Gasteiger partial charge in [0.15, 0.2) is 0 Å². The number of rotatable bonds is 2. The lowest BCUT2D eigenvalue weighted by atomic mass is 10.3. The number of aliphatic hydroxyl groups excluding tert-OH is 1. The predicted octanol–water partition coefficient (Wildman–Crippen LogP) is 0.176. The Morgan fingerprint density at radius 1 is 1.40 bits per heavy atom. The summed E-state index contributed by atoms with van der Waals surface area (Å²) in [7, 11) is 0. The van der Waals surface area contributed by atoms with Crippen LogP contribution >= 0.6 is 0 Å². The number of likely N-dealkylation sites (tertiary alicyclic amines) is 1. The standard InChI is InChI=1S/C8H15NO/c1-6-7-4-9(2-3-10)5-8(6)7/h6-8,10H,2-5H2,1H3. The van der Waals surface area contributed by atoms with E-state index >= 15 is 0 Å². The average molecular weight is 141 g/mol. The monoisotopic (exact) mass is 141 g/mol. The summed E-state index contributed by atoms with van der Waals surface area (Å²) in [5.74, 6) is 2.94. The summed E-state index contributed by atoms with van der Waals surface area (Å²) in [5.41, 5.74) is 0. The van der Waals surface area contributed by atoms with Crippen molar-refractivity contribution >= 4 is 0 Å². The van der Waals surface area contributed by atoms with Crippen LogP contribution in [0.4, 0.5) is 0 Å². The van der Waals surface area contributed by atoms with Gasteiger partial charge in [-0.15, -0.1) is 0 Å². The number of piperidine rings is 1. The molecule has 0 spiro atoms. The van der Waals surface area contributed by atoms with Gasteiger partial charge in [-0.25, -0.2) is 0 Å². The van der Waals surface area contributed by atoms with E-state index in [0.717, 1.165) is 24.3 Å². The SMILES string of the molecule is CC1C2CN(CCO)CC12. The van der Waals surface area contributed by atoms with Crippen LogP contribution in [0.25, 0.3) is 0 Å². The Morgan fingerprint density at radius 3 is 2.50 bits per heavy atom. The van der Waals surface area contributed by atoms with Gasteiger partial charge in [0.05, 0.1) is 6.61 Å². The highest BCUT2D eigenvalue weighted by Crippen LogP contribution is 2.50. The van der Waals surface area contributed by atoms with Crippen LogP contribution in [0.15, 0.2) is 0 Å². The largest absolute Gasteiger partial charge is 0.395 e. The van der Waals surface area contributed by atoms with E-state index in [2.05, 4.69) is 11.8 Å². The minimum Gasteiger partial charge on any atom is -0.395 e. The molecule has 0 aromatic carbocycles. The Labute approximate surface area is 61.8 Å². The quantitative estimate of drug-likeness (QED) is 0.593. The summed E-state index contributed by atoms with van der Waals surface area (Å²) >= 11 is 0. The second kappa shape index (κ2) is 2.21. The molecule has 2 unspecified atom stereocenters. The molecule has 2 atom stereocenters. The van der Waals surface area contributed by atoms with Crippen LogP contribution in [0.1, 0.15) is 6.92 Å². The number of aliphatic hydroxyl groups is 1. The van der Waals surface area contributed by atoms with Gasteiger partial charge in [-0.2, -0.15) is 0 Å². The molecule has 0 aromatic heterocycles. The normalized spacial score (nSPS) is 45.6. The van der Waals surface area contributed by atoms with Gasteiger partial charge in [0.2, 0.25) is 0 Å². The lowest BCUT2D eigenvalue weighted by molar-refractivity contribution is 0.204. The van der Waals surface area contributed by atoms with Crippen LogP contribution in [-0.2, 0) is 0 Å². The molecular weight excluding hydrogens is 126 g/mol. The molecule has 0 bridgehead atoms. The van der Waals surface area contributed by atoms with Crippen LogP contribution in [0.3, 0.4) is 0 Å². The average Bonchev–Trinajstić information content (AvgIpc) is 2.44. The van der Waals surface area contributed by atoms with Crippen molar-refractivity contribution in [2.24, 2.45) is 17.8 Å². The van der Waals surface area contributed by atoms with Gasteiger partial charge >= 0.3 is 0 Å². The Kier molecular flexibility index (Phi) is 1.46. The fourth-order valence-corrected chi connectivity index (χ4v) is 2.23. The molecular formula is C8H15NO. The van der Waals surface area contributed by atoms with Gasteiger partial charge in [0.25, 0.3) is 0 Å². The van der Waals surface area contributed by atoms with E-state index in [1.807, 2.05) is 0 Å². The Bertz CT molecular complexity index is 125. The second-order valence-electron chi connectivity index (χ2n) is 3.67. The molecule has 0 radical (unpaired) electrons. The molecule has 2 rings (SSSR count). The molecule has 1 heterocycles. The fourth-order valence-electron chi connectivity index (χ4n) is 2.23. The van der Waals surface area contributed by atoms with Crippen LogP contribution in [0, 0.1) is 17.8 Å². The number of β-amino-alcohol motifs (C(OH)–C–C–N with tert-alkyl or cyclic N) is 1. The van der Waals surface area contributed by atoms with Crippen LogP contribution < -0.4 is 0 Å². The van der Waals surface area contributed by atoms with Crippen LogP contribution in [-0.4, -0.2) is 36.2 Å². The minimum atomic E-state index is 0.327. The number of hydrogen-bond acceptors (Lipinski definition) is 2. The van der Waals surface area contributed by atoms with Crippen molar-refractivity contribution in [1.82, 2.24) is 4.90 Å². The zero-order chi connectivity index (χ0) is 7.14. The highest BCUT2D eigenvalue weighted by Gasteiger charge is 2.52. The summed E-state index contributed by atoms with van der Waals surface area (Å²) in [6.07, 6.45) is 0. The van der Waals surface area contributed by atoms with Gasteiger partial charge in [-0.1, -0.05) is 6.92 Å². The smallest absolute Gasteiger partial charge is 0.0558 e. The van der Waals surface area contributed by atoms with Crippen molar-refractivity contribution in [2.45, 2.75) is 6.92 Å². The lowest BCUT2D eigenvalue weighted by Crippen LogP contribution is -2.27. The molecule has 2 heteroatoms. The fraction of sp³-hybridized carbons (Fsp3) is 1.00. The first kappa shape index (κ1) is 6.62. The van der Waals surface area contributed by atoms with Crippen LogP contribution in [0.2, 0.25) is 0 Å². The molecule has 1 saturated carbocycles. The first-order valence-electron chi connectivity index (χ1n) is 4.16. The van der Waals surface area contributed by atoms with Gasteiger partial charge < -0.3 is 10.0 Å². The third-order valence-electron chi connectivity index (χ3n) is 3.11. The molecule has 10 heavy (non-hydrogen) atoms. The molecule has 2 aliphatic rings. The van der Waals surface area contributed by atoms with E-state index in [-0.39, 0.29) is 0 Å². The van der Waals surface area contributed by atoms with Gasteiger partial charge in [0.1, 0.15) is 0 Å². The van der Waals surface area contributed by atoms with Crippen molar-refractivity contribution < 1.29 is 5.11 Å². The number of fused-ring (bicyclic) bond motifs is 1. The molecule has 1 saturated heterocycles. The number of nitrogens with zero attached hydrogens (tertiary/aromatic N) is 1. The highest BCUT2D eigenvalue weighted by molar-refractivity contribution is 5.02. The third-order valence-corrected chi connectivity index (χ3v) is 3.11. The van der Waals surface area contributed by atoms with Crippen molar-refractivity contribution in [3.63, 3.8) is 0 Å². The molecule has 1 N–H and O–H groups in total. The van der Waals surface area contributed by atoms with Gasteiger partial charge in [-0.3, -0.25) is 0 Å². The lowest BCUT2D eigenvalue weighted by Gasteiger charge is -2.16. The molecule has 1 aliphatic carbocycles. The van der Waals surface area contributed by atoms with E-state index in [1.165, 1.54) is 13.1 Å². The Morgan fingerprint density at radius 2 is 2.00 bits per heavy atom. The van der Waals surface area contributed by atoms with Crippen molar-refractivity contribution in [1.29, 1.82) is 0 Å². The van der Waals surface area contributed by atoms with E-state index < -0.39 is 0 Å².